The largest absolute Gasteiger partial charge is 0.481 e. The van der Waals surface area contributed by atoms with Crippen molar-refractivity contribution in [2.45, 2.75) is 40.2 Å². The van der Waals surface area contributed by atoms with E-state index in [0.717, 1.165) is 0 Å². The Hall–Kier alpha value is -0.570. The Bertz CT molecular complexity index is 158. The van der Waals surface area contributed by atoms with Crippen LogP contribution in [0.1, 0.15) is 34.1 Å². The molecule has 0 aromatic heterocycles. The topological polar surface area (TPSA) is 57.5 Å². The summed E-state index contributed by atoms with van der Waals surface area (Å²) in [5.41, 5.74) is -0.388. The van der Waals surface area contributed by atoms with Gasteiger partial charge in [0.05, 0.1) is 12.0 Å². The number of aliphatic hydroxyl groups is 1. The summed E-state index contributed by atoms with van der Waals surface area (Å²) in [5.74, 6) is -1.60. The molecule has 0 aliphatic carbocycles. The molecule has 0 saturated carbocycles. The van der Waals surface area contributed by atoms with Gasteiger partial charge >= 0.3 is 5.97 Å². The van der Waals surface area contributed by atoms with E-state index in [1.54, 1.807) is 6.92 Å². The van der Waals surface area contributed by atoms with Crippen molar-refractivity contribution in [2.75, 3.05) is 0 Å². The second kappa shape index (κ2) is 3.90. The molecule has 0 rings (SSSR count). The maximum atomic E-state index is 10.8. The van der Waals surface area contributed by atoms with Gasteiger partial charge in [-0.05, 0) is 11.8 Å². The molecular weight excluding hydrogens is 156 g/mol. The van der Waals surface area contributed by atoms with E-state index in [4.69, 9.17) is 5.11 Å². The lowest BCUT2D eigenvalue weighted by atomic mass is 9.77. The molecule has 0 aromatic carbocycles. The van der Waals surface area contributed by atoms with Gasteiger partial charge in [-0.25, -0.2) is 0 Å². The van der Waals surface area contributed by atoms with Crippen molar-refractivity contribution in [1.82, 2.24) is 0 Å². The highest BCUT2D eigenvalue weighted by Gasteiger charge is 2.36. The van der Waals surface area contributed by atoms with Gasteiger partial charge in [0.25, 0.3) is 0 Å². The van der Waals surface area contributed by atoms with Crippen LogP contribution in [0.2, 0.25) is 0 Å². The standard InChI is InChI=1S/C9H18O3/c1-5-6(10)7(8(11)12)9(2,3)4/h6-7,10H,5H2,1-4H3,(H,11,12). The van der Waals surface area contributed by atoms with Gasteiger partial charge in [0.2, 0.25) is 0 Å². The number of rotatable bonds is 3. The van der Waals surface area contributed by atoms with Gasteiger partial charge in [-0.2, -0.15) is 0 Å². The zero-order chi connectivity index (χ0) is 9.94. The van der Waals surface area contributed by atoms with Crippen LogP contribution in [0.25, 0.3) is 0 Å². The second-order valence-corrected chi connectivity index (χ2v) is 4.16. The lowest BCUT2D eigenvalue weighted by molar-refractivity contribution is -0.151. The molecule has 0 aliphatic rings. The van der Waals surface area contributed by atoms with Crippen LogP contribution in [0.3, 0.4) is 0 Å². The van der Waals surface area contributed by atoms with E-state index < -0.39 is 18.0 Å². The van der Waals surface area contributed by atoms with Crippen LogP contribution in [0.4, 0.5) is 0 Å². The SMILES string of the molecule is CCC(O)C(C(=O)O)C(C)(C)C. The molecule has 2 unspecified atom stereocenters. The molecule has 0 heterocycles. The third-order valence-electron chi connectivity index (χ3n) is 2.00. The van der Waals surface area contributed by atoms with Crippen molar-refractivity contribution in [1.29, 1.82) is 0 Å². The van der Waals surface area contributed by atoms with Crippen LogP contribution in [-0.2, 0) is 4.79 Å². The highest BCUT2D eigenvalue weighted by molar-refractivity contribution is 5.71. The first-order valence-electron chi connectivity index (χ1n) is 4.21. The molecule has 72 valence electrons. The van der Waals surface area contributed by atoms with Crippen LogP contribution in [0, 0.1) is 11.3 Å². The van der Waals surface area contributed by atoms with Crippen molar-refractivity contribution in [2.24, 2.45) is 11.3 Å². The van der Waals surface area contributed by atoms with E-state index in [2.05, 4.69) is 0 Å². The van der Waals surface area contributed by atoms with Crippen molar-refractivity contribution in [3.8, 4) is 0 Å². The summed E-state index contributed by atoms with van der Waals surface area (Å²) in [6, 6.07) is 0. The molecule has 0 spiro atoms. The van der Waals surface area contributed by atoms with Gasteiger partial charge in [0.1, 0.15) is 0 Å². The number of aliphatic hydroxyl groups excluding tert-OH is 1. The summed E-state index contributed by atoms with van der Waals surface area (Å²) >= 11 is 0. The fourth-order valence-electron chi connectivity index (χ4n) is 1.35. The fourth-order valence-corrected chi connectivity index (χ4v) is 1.35. The van der Waals surface area contributed by atoms with Crippen LogP contribution in [0.15, 0.2) is 0 Å². The fraction of sp³-hybridized carbons (Fsp3) is 0.889. The molecule has 0 bridgehead atoms. The van der Waals surface area contributed by atoms with Crippen molar-refractivity contribution < 1.29 is 15.0 Å². The zero-order valence-corrected chi connectivity index (χ0v) is 8.16. The van der Waals surface area contributed by atoms with Gasteiger partial charge in [-0.1, -0.05) is 27.7 Å². The van der Waals surface area contributed by atoms with Gasteiger partial charge in [0.15, 0.2) is 0 Å². The van der Waals surface area contributed by atoms with E-state index in [-0.39, 0.29) is 5.41 Å². The molecule has 0 radical (unpaired) electrons. The van der Waals surface area contributed by atoms with Gasteiger partial charge in [-0.3, -0.25) is 4.79 Å². The third kappa shape index (κ3) is 2.81. The van der Waals surface area contributed by atoms with Crippen LogP contribution in [-0.4, -0.2) is 22.3 Å². The highest BCUT2D eigenvalue weighted by atomic mass is 16.4. The van der Waals surface area contributed by atoms with Crippen molar-refractivity contribution >= 4 is 5.97 Å². The Morgan fingerprint density at radius 2 is 1.83 bits per heavy atom. The Balaban J connectivity index is 4.56. The quantitative estimate of drug-likeness (QED) is 0.681. The van der Waals surface area contributed by atoms with Crippen LogP contribution >= 0.6 is 0 Å². The summed E-state index contributed by atoms with van der Waals surface area (Å²) in [7, 11) is 0. The van der Waals surface area contributed by atoms with E-state index in [9.17, 15) is 9.90 Å². The van der Waals surface area contributed by atoms with Gasteiger partial charge in [-0.15, -0.1) is 0 Å². The Labute approximate surface area is 73.4 Å². The van der Waals surface area contributed by atoms with E-state index in [1.807, 2.05) is 20.8 Å². The lowest BCUT2D eigenvalue weighted by Gasteiger charge is -2.30. The maximum absolute atomic E-state index is 10.8. The monoisotopic (exact) mass is 174 g/mol. The van der Waals surface area contributed by atoms with Crippen molar-refractivity contribution in [3.05, 3.63) is 0 Å². The highest BCUT2D eigenvalue weighted by Crippen LogP contribution is 2.30. The summed E-state index contributed by atoms with van der Waals surface area (Å²) in [6.07, 6.45) is -0.267. The number of carbonyl (C=O) groups is 1. The smallest absolute Gasteiger partial charge is 0.309 e. The van der Waals surface area contributed by atoms with E-state index in [1.165, 1.54) is 0 Å². The molecule has 0 aliphatic heterocycles. The first kappa shape index (κ1) is 11.4. The first-order chi connectivity index (χ1) is 5.30. The molecule has 0 saturated heterocycles. The van der Waals surface area contributed by atoms with Crippen LogP contribution in [0.5, 0.6) is 0 Å². The molecule has 0 fully saturated rings. The summed E-state index contributed by atoms with van der Waals surface area (Å²) in [6.45, 7) is 7.26. The van der Waals surface area contributed by atoms with E-state index >= 15 is 0 Å². The average Bonchev–Trinajstić information content (AvgIpc) is 1.83. The maximum Gasteiger partial charge on any atom is 0.309 e. The van der Waals surface area contributed by atoms with Crippen LogP contribution < -0.4 is 0 Å². The number of hydrogen-bond donors (Lipinski definition) is 2. The minimum absolute atomic E-state index is 0.388. The molecule has 0 aromatic rings. The Morgan fingerprint density at radius 1 is 1.42 bits per heavy atom. The van der Waals surface area contributed by atoms with Gasteiger partial charge in [0, 0.05) is 0 Å². The summed E-state index contributed by atoms with van der Waals surface area (Å²) in [4.78, 5) is 10.8. The zero-order valence-electron chi connectivity index (χ0n) is 8.16. The molecule has 0 amide bonds. The summed E-state index contributed by atoms with van der Waals surface area (Å²) in [5, 5.41) is 18.3. The lowest BCUT2D eigenvalue weighted by Crippen LogP contribution is -2.38. The number of carboxylic acids is 1. The van der Waals surface area contributed by atoms with Crippen molar-refractivity contribution in [3.63, 3.8) is 0 Å². The number of carboxylic acid groups (broad SMARTS) is 1. The molecule has 12 heavy (non-hydrogen) atoms. The Morgan fingerprint density at radius 3 is 1.92 bits per heavy atom. The molecule has 3 nitrogen and oxygen atoms in total. The Kier molecular flexibility index (Phi) is 3.71. The first-order valence-corrected chi connectivity index (χ1v) is 4.21. The molecule has 3 heteroatoms. The predicted octanol–water partition coefficient (Wildman–Crippen LogP) is 1.50. The molecule has 2 atom stereocenters. The third-order valence-corrected chi connectivity index (χ3v) is 2.00. The summed E-state index contributed by atoms with van der Waals surface area (Å²) < 4.78 is 0. The molecule has 2 N–H and O–H groups in total. The predicted molar refractivity (Wildman–Crippen MR) is 46.9 cm³/mol. The number of hydrogen-bond acceptors (Lipinski definition) is 2. The normalized spacial score (nSPS) is 17.1. The molecular formula is C9H18O3. The number of aliphatic carboxylic acids is 1. The average molecular weight is 174 g/mol. The van der Waals surface area contributed by atoms with E-state index in [0.29, 0.717) is 6.42 Å². The second-order valence-electron chi connectivity index (χ2n) is 4.16. The minimum Gasteiger partial charge on any atom is -0.481 e. The van der Waals surface area contributed by atoms with Gasteiger partial charge < -0.3 is 10.2 Å². The minimum atomic E-state index is -0.920.